The first-order valence-electron chi connectivity index (χ1n) is 7.81. The minimum atomic E-state index is 0.453. The lowest BCUT2D eigenvalue weighted by atomic mass is 9.78. The third-order valence-corrected chi connectivity index (χ3v) is 4.46. The molecule has 0 bridgehead atoms. The van der Waals surface area contributed by atoms with Gasteiger partial charge in [0, 0.05) is 6.04 Å². The largest absolute Gasteiger partial charge is 0.494 e. The highest BCUT2D eigenvalue weighted by molar-refractivity contribution is 5.33. The van der Waals surface area contributed by atoms with Crippen LogP contribution in [0.3, 0.4) is 0 Å². The van der Waals surface area contributed by atoms with E-state index in [2.05, 4.69) is 36.6 Å². The van der Waals surface area contributed by atoms with Gasteiger partial charge >= 0.3 is 0 Å². The Morgan fingerprint density at radius 2 is 1.81 bits per heavy atom. The second kappa shape index (κ2) is 6.77. The van der Waals surface area contributed by atoms with Crippen LogP contribution < -0.4 is 10.1 Å². The third kappa shape index (κ3) is 3.27. The van der Waals surface area contributed by atoms with Crippen LogP contribution in [0.1, 0.15) is 30.0 Å². The number of benzene rings is 2. The van der Waals surface area contributed by atoms with Crippen LogP contribution in [-0.2, 0) is 6.42 Å². The number of aryl methyl sites for hydroxylation is 1. The summed E-state index contributed by atoms with van der Waals surface area (Å²) in [4.78, 5) is 0. The van der Waals surface area contributed by atoms with Gasteiger partial charge in [0.05, 0.1) is 6.61 Å². The summed E-state index contributed by atoms with van der Waals surface area (Å²) < 4.78 is 5.86. The Balaban J connectivity index is 1.61. The van der Waals surface area contributed by atoms with Crippen molar-refractivity contribution in [1.82, 2.24) is 5.32 Å². The molecule has 2 aromatic rings. The Morgan fingerprint density at radius 1 is 1.05 bits per heavy atom. The van der Waals surface area contributed by atoms with Crippen molar-refractivity contribution in [2.24, 2.45) is 5.92 Å². The molecule has 1 N–H and O–H groups in total. The molecule has 0 radical (unpaired) electrons. The molecule has 1 aliphatic carbocycles. The van der Waals surface area contributed by atoms with Gasteiger partial charge in [-0.05, 0) is 55.5 Å². The predicted octanol–water partition coefficient (Wildman–Crippen LogP) is 3.98. The van der Waals surface area contributed by atoms with E-state index in [9.17, 15) is 0 Å². The molecule has 3 rings (SSSR count). The summed E-state index contributed by atoms with van der Waals surface area (Å²) in [6.07, 6.45) is 3.51. The molecule has 0 amide bonds. The first-order chi connectivity index (χ1) is 10.4. The van der Waals surface area contributed by atoms with E-state index in [4.69, 9.17) is 4.74 Å². The van der Waals surface area contributed by atoms with Crippen LogP contribution >= 0.6 is 0 Å². The molecule has 0 aromatic heterocycles. The molecule has 0 fully saturated rings. The van der Waals surface area contributed by atoms with Crippen molar-refractivity contribution in [1.29, 1.82) is 0 Å². The molecular formula is C19H23NO. The van der Waals surface area contributed by atoms with Crippen molar-refractivity contribution >= 4 is 0 Å². The first kappa shape index (κ1) is 14.2. The van der Waals surface area contributed by atoms with Gasteiger partial charge in [-0.25, -0.2) is 0 Å². The topological polar surface area (TPSA) is 21.3 Å². The lowest BCUT2D eigenvalue weighted by molar-refractivity contribution is 0.235. The van der Waals surface area contributed by atoms with Crippen LogP contribution in [0.4, 0.5) is 0 Å². The van der Waals surface area contributed by atoms with Crippen LogP contribution in [0.5, 0.6) is 5.75 Å². The maximum atomic E-state index is 5.86. The van der Waals surface area contributed by atoms with Crippen LogP contribution in [-0.4, -0.2) is 13.7 Å². The number of hydrogen-bond donors (Lipinski definition) is 1. The molecule has 2 atom stereocenters. The molecule has 2 nitrogen and oxygen atoms in total. The average molecular weight is 281 g/mol. The molecule has 2 unspecified atom stereocenters. The molecule has 2 aromatic carbocycles. The zero-order chi connectivity index (χ0) is 14.5. The lowest BCUT2D eigenvalue weighted by Crippen LogP contribution is -2.31. The maximum Gasteiger partial charge on any atom is 0.119 e. The fourth-order valence-corrected chi connectivity index (χ4v) is 3.37. The van der Waals surface area contributed by atoms with Crippen LogP contribution in [0.15, 0.2) is 54.6 Å². The molecule has 0 saturated heterocycles. The van der Waals surface area contributed by atoms with E-state index in [1.54, 1.807) is 0 Å². The van der Waals surface area contributed by atoms with Gasteiger partial charge in [-0.2, -0.15) is 0 Å². The molecule has 0 heterocycles. The molecule has 21 heavy (non-hydrogen) atoms. The van der Waals surface area contributed by atoms with E-state index in [0.29, 0.717) is 12.0 Å². The highest BCUT2D eigenvalue weighted by Gasteiger charge is 2.27. The lowest BCUT2D eigenvalue weighted by Gasteiger charge is -2.33. The number of para-hydroxylation sites is 1. The molecule has 110 valence electrons. The van der Waals surface area contributed by atoms with Gasteiger partial charge in [0.2, 0.25) is 0 Å². The minimum Gasteiger partial charge on any atom is -0.494 e. The molecule has 0 aliphatic heterocycles. The SMILES string of the molecule is CNC1c2ccccc2CCC1CCOc1ccccc1. The summed E-state index contributed by atoms with van der Waals surface area (Å²) in [7, 11) is 2.07. The zero-order valence-corrected chi connectivity index (χ0v) is 12.6. The van der Waals surface area contributed by atoms with Gasteiger partial charge in [0.15, 0.2) is 0 Å². The van der Waals surface area contributed by atoms with Crippen molar-refractivity contribution in [3.63, 3.8) is 0 Å². The molecule has 1 aliphatic rings. The van der Waals surface area contributed by atoms with E-state index in [0.717, 1.165) is 18.8 Å². The summed E-state index contributed by atoms with van der Waals surface area (Å²) in [5, 5.41) is 3.50. The quantitative estimate of drug-likeness (QED) is 0.895. The van der Waals surface area contributed by atoms with Crippen molar-refractivity contribution in [2.75, 3.05) is 13.7 Å². The Kier molecular flexibility index (Phi) is 4.56. The number of rotatable bonds is 5. The smallest absolute Gasteiger partial charge is 0.119 e. The standard InChI is InChI=1S/C19H23NO/c1-20-19-16(12-11-15-7-5-6-10-18(15)19)13-14-21-17-8-3-2-4-9-17/h2-10,16,19-20H,11-14H2,1H3. The number of hydrogen-bond acceptors (Lipinski definition) is 2. The van der Waals surface area contributed by atoms with E-state index < -0.39 is 0 Å². The Labute approximate surface area is 127 Å². The first-order valence-corrected chi connectivity index (χ1v) is 7.81. The average Bonchev–Trinajstić information content (AvgIpc) is 2.55. The van der Waals surface area contributed by atoms with Gasteiger partial charge in [0.1, 0.15) is 5.75 Å². The molecule has 2 heteroatoms. The predicted molar refractivity (Wildman–Crippen MR) is 86.6 cm³/mol. The second-order valence-corrected chi connectivity index (χ2v) is 5.71. The van der Waals surface area contributed by atoms with Crippen molar-refractivity contribution in [3.8, 4) is 5.75 Å². The van der Waals surface area contributed by atoms with Crippen molar-refractivity contribution in [2.45, 2.75) is 25.3 Å². The fraction of sp³-hybridized carbons (Fsp3) is 0.368. The van der Waals surface area contributed by atoms with Crippen molar-refractivity contribution < 1.29 is 4.74 Å². The Morgan fingerprint density at radius 3 is 2.62 bits per heavy atom. The summed E-state index contributed by atoms with van der Waals surface area (Å²) in [6, 6.07) is 19.4. The van der Waals surface area contributed by atoms with E-state index in [-0.39, 0.29) is 0 Å². The van der Waals surface area contributed by atoms with Gasteiger partial charge in [-0.1, -0.05) is 42.5 Å². The molecular weight excluding hydrogens is 258 g/mol. The second-order valence-electron chi connectivity index (χ2n) is 5.71. The molecule has 0 spiro atoms. The fourth-order valence-electron chi connectivity index (χ4n) is 3.37. The molecule has 0 saturated carbocycles. The van der Waals surface area contributed by atoms with E-state index in [1.807, 2.05) is 30.3 Å². The van der Waals surface area contributed by atoms with E-state index >= 15 is 0 Å². The Bertz CT molecular complexity index is 567. The van der Waals surface area contributed by atoms with E-state index in [1.165, 1.54) is 24.0 Å². The highest BCUT2D eigenvalue weighted by Crippen LogP contribution is 2.36. The van der Waals surface area contributed by atoms with Gasteiger partial charge in [0.25, 0.3) is 0 Å². The summed E-state index contributed by atoms with van der Waals surface area (Å²) in [5.41, 5.74) is 2.97. The summed E-state index contributed by atoms with van der Waals surface area (Å²) >= 11 is 0. The van der Waals surface area contributed by atoms with Crippen LogP contribution in [0.2, 0.25) is 0 Å². The number of nitrogens with one attached hydrogen (secondary N) is 1. The van der Waals surface area contributed by atoms with Crippen LogP contribution in [0.25, 0.3) is 0 Å². The van der Waals surface area contributed by atoms with Crippen molar-refractivity contribution in [3.05, 3.63) is 65.7 Å². The number of fused-ring (bicyclic) bond motifs is 1. The number of ether oxygens (including phenoxy) is 1. The van der Waals surface area contributed by atoms with Gasteiger partial charge in [-0.3, -0.25) is 0 Å². The third-order valence-electron chi connectivity index (χ3n) is 4.46. The minimum absolute atomic E-state index is 0.453. The summed E-state index contributed by atoms with van der Waals surface area (Å²) in [6.45, 7) is 0.787. The summed E-state index contributed by atoms with van der Waals surface area (Å²) in [5.74, 6) is 1.61. The van der Waals surface area contributed by atoms with Gasteiger partial charge in [-0.15, -0.1) is 0 Å². The van der Waals surface area contributed by atoms with Crippen LogP contribution in [0, 0.1) is 5.92 Å². The highest BCUT2D eigenvalue weighted by atomic mass is 16.5. The monoisotopic (exact) mass is 281 g/mol. The normalized spacial score (nSPS) is 20.8. The Hall–Kier alpha value is -1.80. The van der Waals surface area contributed by atoms with Gasteiger partial charge < -0.3 is 10.1 Å². The maximum absolute atomic E-state index is 5.86. The zero-order valence-electron chi connectivity index (χ0n) is 12.6.